The molecule has 0 unspecified atom stereocenters. The van der Waals surface area contributed by atoms with Crippen LogP contribution in [0.4, 0.5) is 4.39 Å². The molecule has 4 aliphatic carbocycles. The van der Waals surface area contributed by atoms with Gasteiger partial charge in [0, 0.05) is 36.1 Å². The number of carbonyl (C=O) groups excluding carboxylic acids is 2. The van der Waals surface area contributed by atoms with Gasteiger partial charge in [-0.2, -0.15) is 0 Å². The van der Waals surface area contributed by atoms with E-state index in [0.29, 0.717) is 26.1 Å². The molecule has 1 aromatic carbocycles. The lowest BCUT2D eigenvalue weighted by molar-refractivity contribution is -0.116. The SMILES string of the molecule is CF.C[C@]12CCC(=O)C=C1CCC[C@H]2N=[N+]=[N-].C[C@]12CCC(=O)C=C1CCC[C@H]2n1cc(-c2ccccc2)nn1.[2H]C. The predicted molar refractivity (Wildman–Crippen MR) is 160 cm³/mol. The van der Waals surface area contributed by atoms with Crippen LogP contribution in [0, 0.1) is 10.8 Å². The third kappa shape index (κ3) is 6.67. The maximum atomic E-state index is 11.8. The number of azide groups is 1. The first-order chi connectivity index (χ1) is 20.3. The molecule has 2 saturated carbocycles. The summed E-state index contributed by atoms with van der Waals surface area (Å²) < 4.78 is 17.3. The van der Waals surface area contributed by atoms with Gasteiger partial charge in [0.1, 0.15) is 5.69 Å². The molecular formula is C32H43FN6O2. The molecule has 0 aliphatic heterocycles. The Bertz CT molecular complexity index is 1340. The zero-order chi connectivity index (χ0) is 30.8. The number of aromatic nitrogens is 3. The van der Waals surface area contributed by atoms with Crippen LogP contribution in [0.1, 0.15) is 92.9 Å². The third-order valence-corrected chi connectivity index (χ3v) is 9.33. The lowest BCUT2D eigenvalue weighted by Gasteiger charge is -2.45. The van der Waals surface area contributed by atoms with Crippen LogP contribution in [0.3, 0.4) is 0 Å². The maximum absolute atomic E-state index is 11.8. The second kappa shape index (κ2) is 13.9. The van der Waals surface area contributed by atoms with Gasteiger partial charge in [-0.3, -0.25) is 14.0 Å². The van der Waals surface area contributed by atoms with Gasteiger partial charge >= 0.3 is 0 Å². The highest BCUT2D eigenvalue weighted by molar-refractivity contribution is 5.92. The van der Waals surface area contributed by atoms with Gasteiger partial charge in [0.05, 0.1) is 19.4 Å². The summed E-state index contributed by atoms with van der Waals surface area (Å²) in [7, 11) is 1.75. The molecule has 1 heterocycles. The molecule has 2 aromatic rings. The lowest BCUT2D eigenvalue weighted by atomic mass is 9.63. The van der Waals surface area contributed by atoms with Crippen molar-refractivity contribution in [3.05, 3.63) is 70.3 Å². The molecule has 0 saturated heterocycles. The number of carbonyl (C=O) groups is 2. The second-order valence-corrected chi connectivity index (χ2v) is 11.6. The Morgan fingerprint density at radius 2 is 1.56 bits per heavy atom. The van der Waals surface area contributed by atoms with Crippen LogP contribution in [0.25, 0.3) is 21.7 Å². The highest BCUT2D eigenvalue weighted by atomic mass is 19.1. The summed E-state index contributed by atoms with van der Waals surface area (Å²) in [6, 6.07) is 10.5. The quantitative estimate of drug-likeness (QED) is 0.212. The van der Waals surface area contributed by atoms with E-state index in [0.717, 1.165) is 62.6 Å². The normalized spacial score (nSPS) is 28.6. The molecule has 0 bridgehead atoms. The summed E-state index contributed by atoms with van der Waals surface area (Å²) in [6.07, 6.45) is 14.9. The van der Waals surface area contributed by atoms with Gasteiger partial charge < -0.3 is 0 Å². The Morgan fingerprint density at radius 1 is 0.976 bits per heavy atom. The van der Waals surface area contributed by atoms with Crippen LogP contribution in [0.2, 0.25) is 0 Å². The van der Waals surface area contributed by atoms with Crippen molar-refractivity contribution in [1.82, 2.24) is 15.0 Å². The van der Waals surface area contributed by atoms with Gasteiger partial charge in [0.25, 0.3) is 0 Å². The summed E-state index contributed by atoms with van der Waals surface area (Å²) in [5.41, 5.74) is 13.0. The maximum Gasteiger partial charge on any atom is 0.155 e. The molecule has 220 valence electrons. The minimum absolute atomic E-state index is 0.0355. The molecule has 0 N–H and O–H groups in total. The Kier molecular flexibility index (Phi) is 10.3. The topological polar surface area (TPSA) is 114 Å². The average Bonchev–Trinajstić information content (AvgIpc) is 3.51. The number of fused-ring (bicyclic) bond motifs is 2. The zero-order valence-corrected chi connectivity index (χ0v) is 24.7. The van der Waals surface area contributed by atoms with Gasteiger partial charge in [0.15, 0.2) is 11.6 Å². The van der Waals surface area contributed by atoms with Gasteiger partial charge in [-0.15, -0.1) is 5.10 Å². The van der Waals surface area contributed by atoms with E-state index in [-0.39, 0.29) is 28.4 Å². The fraction of sp³-hybridized carbons (Fsp3) is 0.562. The molecule has 0 radical (unpaired) electrons. The van der Waals surface area contributed by atoms with E-state index in [1.54, 1.807) is 6.08 Å². The zero-order valence-electron chi connectivity index (χ0n) is 25.7. The molecule has 0 amide bonds. The number of alkyl halides is 1. The van der Waals surface area contributed by atoms with E-state index in [9.17, 15) is 14.0 Å². The molecule has 0 spiro atoms. The van der Waals surface area contributed by atoms with Gasteiger partial charge in [-0.1, -0.05) is 73.1 Å². The minimum Gasteiger partial charge on any atom is -0.295 e. The van der Waals surface area contributed by atoms with Crippen LogP contribution in [0.5, 0.6) is 0 Å². The van der Waals surface area contributed by atoms with Gasteiger partial charge in [-0.25, -0.2) is 4.68 Å². The molecular weight excluding hydrogens is 519 g/mol. The van der Waals surface area contributed by atoms with Crippen LogP contribution in [-0.2, 0) is 9.59 Å². The molecule has 4 atom stereocenters. The average molecular weight is 564 g/mol. The summed E-state index contributed by atoms with van der Waals surface area (Å²) in [6.45, 7) is 4.42. The summed E-state index contributed by atoms with van der Waals surface area (Å²) >= 11 is 0. The standard InChI is InChI=1S/C19H21N3O.C11H15N3O.CH3F.CH4/c1-19-11-10-16(23)12-15(19)8-5-9-18(19)22-13-17(20-21-22)14-6-3-2-4-7-14;1-11-6-5-9(15)7-8(11)3-2-4-10(11)13-14-12;1-2;/h2-4,6-7,12-13,18H,5,8-11H2,1H3;7,10H,2-6H2,1H3;1H3;1H4/t18-,19+;10-,11+;;/m11../s1/i;;;1D. The van der Waals surface area contributed by atoms with Crippen molar-refractivity contribution >= 4 is 11.6 Å². The van der Waals surface area contributed by atoms with E-state index >= 15 is 0 Å². The smallest absolute Gasteiger partial charge is 0.155 e. The lowest BCUT2D eigenvalue weighted by Crippen LogP contribution is -2.39. The number of rotatable bonds is 3. The first kappa shape index (κ1) is 30.4. The van der Waals surface area contributed by atoms with E-state index < -0.39 is 0 Å². The number of hydrogen-bond acceptors (Lipinski definition) is 5. The largest absolute Gasteiger partial charge is 0.295 e. The third-order valence-electron chi connectivity index (χ3n) is 9.33. The monoisotopic (exact) mass is 563 g/mol. The number of allylic oxidation sites excluding steroid dienone is 3. The van der Waals surface area contributed by atoms with Crippen molar-refractivity contribution in [2.45, 2.75) is 97.5 Å². The summed E-state index contributed by atoms with van der Waals surface area (Å²) in [5.74, 6) is 0.505. The predicted octanol–water partition coefficient (Wildman–Crippen LogP) is 8.33. The van der Waals surface area contributed by atoms with E-state index in [1.165, 1.54) is 18.5 Å². The van der Waals surface area contributed by atoms with Crippen molar-refractivity contribution in [3.8, 4) is 11.3 Å². The fourth-order valence-electron chi connectivity index (χ4n) is 6.88. The van der Waals surface area contributed by atoms with Gasteiger partial charge in [0.2, 0.25) is 0 Å². The fourth-order valence-corrected chi connectivity index (χ4v) is 6.88. The number of hydrogen-bond donors (Lipinski definition) is 0. The summed E-state index contributed by atoms with van der Waals surface area (Å²) in [4.78, 5) is 26.1. The van der Waals surface area contributed by atoms with E-state index in [4.69, 9.17) is 6.90 Å². The number of ketones is 2. The van der Waals surface area contributed by atoms with Crippen molar-refractivity contribution in [2.24, 2.45) is 15.9 Å². The first-order valence-corrected chi connectivity index (χ1v) is 14.2. The minimum atomic E-state index is -0.0572. The van der Waals surface area contributed by atoms with Crippen LogP contribution >= 0.6 is 0 Å². The number of nitrogens with zero attached hydrogens (tertiary/aromatic N) is 6. The molecule has 9 heteroatoms. The second-order valence-electron chi connectivity index (χ2n) is 11.6. The van der Waals surface area contributed by atoms with E-state index in [1.807, 2.05) is 29.0 Å². The number of halogens is 1. The number of benzene rings is 1. The molecule has 6 rings (SSSR count). The Balaban J connectivity index is 0.000000221. The Labute approximate surface area is 244 Å². The molecule has 4 aliphatic rings. The van der Waals surface area contributed by atoms with E-state index in [2.05, 4.69) is 52.5 Å². The van der Waals surface area contributed by atoms with Crippen LogP contribution < -0.4 is 0 Å². The van der Waals surface area contributed by atoms with Crippen LogP contribution in [-0.4, -0.2) is 39.8 Å². The summed E-state index contributed by atoms with van der Waals surface area (Å²) in [5, 5.41) is 12.7. The van der Waals surface area contributed by atoms with Gasteiger partial charge in [-0.05, 0) is 74.5 Å². The van der Waals surface area contributed by atoms with Crippen molar-refractivity contribution < 1.29 is 15.4 Å². The molecule has 41 heavy (non-hydrogen) atoms. The van der Waals surface area contributed by atoms with Crippen LogP contribution in [0.15, 0.2) is 64.9 Å². The Hall–Kier alpha value is -3.58. The first-order valence-electron chi connectivity index (χ1n) is 15.2. The molecule has 8 nitrogen and oxygen atoms in total. The Morgan fingerprint density at radius 3 is 2.20 bits per heavy atom. The van der Waals surface area contributed by atoms with Crippen molar-refractivity contribution in [2.75, 3.05) is 7.18 Å². The highest BCUT2D eigenvalue weighted by Crippen LogP contribution is 2.52. The van der Waals surface area contributed by atoms with Crippen molar-refractivity contribution in [3.63, 3.8) is 0 Å². The molecule has 1 aromatic heterocycles. The molecule has 2 fully saturated rings. The van der Waals surface area contributed by atoms with Crippen molar-refractivity contribution in [1.29, 1.82) is 0 Å². The highest BCUT2D eigenvalue weighted by Gasteiger charge is 2.44.